The number of nitrogens with one attached hydrogen (secondary N) is 1. The largest absolute Gasteiger partial charge is 0.311 e. The maximum atomic E-state index is 3.65. The van der Waals surface area contributed by atoms with E-state index in [9.17, 15) is 0 Å². The zero-order chi connectivity index (χ0) is 6.97. The topological polar surface area (TPSA) is 12.0 Å². The summed E-state index contributed by atoms with van der Waals surface area (Å²) in [6, 6.07) is 1.68. The highest BCUT2D eigenvalue weighted by Crippen LogP contribution is 2.34. The van der Waals surface area contributed by atoms with Gasteiger partial charge in [-0.15, -0.1) is 0 Å². The lowest BCUT2D eigenvalue weighted by Crippen LogP contribution is -2.38. The van der Waals surface area contributed by atoms with Crippen LogP contribution in [0.4, 0.5) is 0 Å². The fourth-order valence-electron chi connectivity index (χ4n) is 2.33. The molecule has 0 aromatic carbocycles. The van der Waals surface area contributed by atoms with Crippen LogP contribution in [0.5, 0.6) is 0 Å². The summed E-state index contributed by atoms with van der Waals surface area (Å²) in [5.74, 6) is 1.77. The molecule has 0 unspecified atom stereocenters. The van der Waals surface area contributed by atoms with Gasteiger partial charge in [-0.2, -0.15) is 0 Å². The van der Waals surface area contributed by atoms with Crippen LogP contribution in [0.25, 0.3) is 0 Å². The normalized spacial score (nSPS) is 40.5. The first kappa shape index (κ1) is 6.66. The van der Waals surface area contributed by atoms with Gasteiger partial charge in [0.2, 0.25) is 0 Å². The molecule has 2 rings (SSSR count). The minimum Gasteiger partial charge on any atom is -0.311 e. The number of rotatable bonds is 1. The van der Waals surface area contributed by atoms with Crippen molar-refractivity contribution in [3.63, 3.8) is 0 Å². The van der Waals surface area contributed by atoms with Gasteiger partial charge in [0, 0.05) is 12.1 Å². The summed E-state index contributed by atoms with van der Waals surface area (Å²) in [7, 11) is 0. The van der Waals surface area contributed by atoms with E-state index in [-0.39, 0.29) is 0 Å². The molecule has 2 aliphatic rings. The second-order valence-corrected chi connectivity index (χ2v) is 3.54. The molecule has 0 aromatic heterocycles. The van der Waals surface area contributed by atoms with Crippen LogP contribution in [0.1, 0.15) is 39.0 Å². The summed E-state index contributed by atoms with van der Waals surface area (Å²) in [6.45, 7) is 2.29. The van der Waals surface area contributed by atoms with Crippen molar-refractivity contribution in [3.8, 4) is 0 Å². The maximum absolute atomic E-state index is 3.65. The molecule has 0 aromatic rings. The molecule has 0 spiro atoms. The van der Waals surface area contributed by atoms with Crippen molar-refractivity contribution in [2.24, 2.45) is 0 Å². The van der Waals surface area contributed by atoms with Crippen LogP contribution in [-0.2, 0) is 0 Å². The van der Waals surface area contributed by atoms with E-state index in [1.54, 1.807) is 5.92 Å². The van der Waals surface area contributed by atoms with Gasteiger partial charge in [-0.3, -0.25) is 0 Å². The van der Waals surface area contributed by atoms with Crippen molar-refractivity contribution in [2.75, 3.05) is 0 Å². The van der Waals surface area contributed by atoms with Gasteiger partial charge in [0.25, 0.3) is 0 Å². The molecule has 2 aliphatic heterocycles. The summed E-state index contributed by atoms with van der Waals surface area (Å²) in [4.78, 5) is 0. The third kappa shape index (κ3) is 0.968. The first-order chi connectivity index (χ1) is 4.90. The first-order valence-corrected chi connectivity index (χ1v) is 4.50. The summed E-state index contributed by atoms with van der Waals surface area (Å²) >= 11 is 0. The van der Waals surface area contributed by atoms with Gasteiger partial charge in [-0.25, -0.2) is 0 Å². The Balaban J connectivity index is 2.00. The fraction of sp³-hybridized carbons (Fsp3) is 0.889. The lowest BCUT2D eigenvalue weighted by Gasteiger charge is -2.28. The Morgan fingerprint density at radius 3 is 3.10 bits per heavy atom. The number of hydrogen-bond donors (Lipinski definition) is 1. The molecule has 1 radical (unpaired) electrons. The first-order valence-electron chi connectivity index (χ1n) is 4.50. The van der Waals surface area contributed by atoms with E-state index in [2.05, 4.69) is 12.2 Å². The molecule has 57 valence electrons. The molecular weight excluding hydrogens is 122 g/mol. The zero-order valence-electron chi connectivity index (χ0n) is 6.69. The molecule has 0 amide bonds. The van der Waals surface area contributed by atoms with E-state index < -0.39 is 0 Å². The van der Waals surface area contributed by atoms with E-state index in [0.29, 0.717) is 0 Å². The van der Waals surface area contributed by atoms with Crippen LogP contribution in [0, 0.1) is 5.92 Å². The smallest absolute Gasteiger partial charge is 0.0132 e. The van der Waals surface area contributed by atoms with Gasteiger partial charge >= 0.3 is 0 Å². The van der Waals surface area contributed by atoms with Crippen LogP contribution in [0.15, 0.2) is 0 Å². The molecule has 10 heavy (non-hydrogen) atoms. The maximum Gasteiger partial charge on any atom is 0.0132 e. The fourth-order valence-corrected chi connectivity index (χ4v) is 2.33. The summed E-state index contributed by atoms with van der Waals surface area (Å²) in [6.07, 6.45) is 6.94. The Bertz CT molecular complexity index is 122. The highest BCUT2D eigenvalue weighted by atomic mass is 15.0. The molecule has 0 aliphatic carbocycles. The monoisotopic (exact) mass is 138 g/mol. The molecule has 2 heterocycles. The average molecular weight is 138 g/mol. The van der Waals surface area contributed by atoms with Gasteiger partial charge < -0.3 is 5.32 Å². The van der Waals surface area contributed by atoms with Crippen molar-refractivity contribution in [1.29, 1.82) is 0 Å². The van der Waals surface area contributed by atoms with Gasteiger partial charge in [-0.1, -0.05) is 6.92 Å². The van der Waals surface area contributed by atoms with Crippen molar-refractivity contribution >= 4 is 0 Å². The van der Waals surface area contributed by atoms with Gasteiger partial charge in [0.15, 0.2) is 0 Å². The standard InChI is InChI=1S/C9H16N/c1-2-7-3-4-8-5-6-9(7)10-8/h8-10H,2-6H2,1H3/t8-,9-/m1/s1. The summed E-state index contributed by atoms with van der Waals surface area (Å²) in [5.41, 5.74) is 0. The molecule has 0 saturated carbocycles. The predicted molar refractivity (Wildman–Crippen MR) is 42.7 cm³/mol. The van der Waals surface area contributed by atoms with Crippen molar-refractivity contribution in [3.05, 3.63) is 5.92 Å². The van der Waals surface area contributed by atoms with E-state index in [0.717, 1.165) is 12.1 Å². The number of hydrogen-bond acceptors (Lipinski definition) is 1. The van der Waals surface area contributed by atoms with Gasteiger partial charge in [0.1, 0.15) is 0 Å². The van der Waals surface area contributed by atoms with Crippen LogP contribution in [0.3, 0.4) is 0 Å². The Kier molecular flexibility index (Phi) is 1.69. The molecule has 1 heteroatoms. The van der Waals surface area contributed by atoms with Crippen molar-refractivity contribution < 1.29 is 0 Å². The second-order valence-electron chi connectivity index (χ2n) is 3.54. The predicted octanol–water partition coefficient (Wildman–Crippen LogP) is 1.89. The van der Waals surface area contributed by atoms with Crippen molar-refractivity contribution in [2.45, 2.75) is 51.1 Å². The molecule has 2 atom stereocenters. The van der Waals surface area contributed by atoms with Crippen LogP contribution < -0.4 is 5.32 Å². The Labute approximate surface area is 63.2 Å². The van der Waals surface area contributed by atoms with Crippen LogP contribution in [-0.4, -0.2) is 12.1 Å². The number of piperidine rings is 1. The molecular formula is C9H16N. The molecule has 2 fully saturated rings. The zero-order valence-corrected chi connectivity index (χ0v) is 6.69. The van der Waals surface area contributed by atoms with Gasteiger partial charge in [-0.05, 0) is 38.0 Å². The quantitative estimate of drug-likeness (QED) is 0.583. The third-order valence-corrected chi connectivity index (χ3v) is 3.00. The molecule has 1 nitrogen and oxygen atoms in total. The minimum atomic E-state index is 0.809. The Hall–Kier alpha value is -0.0400. The van der Waals surface area contributed by atoms with E-state index in [1.807, 2.05) is 0 Å². The average Bonchev–Trinajstić information content (AvgIpc) is 2.34. The summed E-state index contributed by atoms with van der Waals surface area (Å²) < 4.78 is 0. The van der Waals surface area contributed by atoms with Gasteiger partial charge in [0.05, 0.1) is 0 Å². The van der Waals surface area contributed by atoms with Crippen LogP contribution in [0.2, 0.25) is 0 Å². The summed E-state index contributed by atoms with van der Waals surface area (Å²) in [5, 5.41) is 3.65. The second kappa shape index (κ2) is 2.54. The molecule has 2 bridgehead atoms. The SMILES string of the molecule is CC[C]1CC[C@@H]2CC[C@H]1N2. The highest BCUT2D eigenvalue weighted by molar-refractivity contribution is 5.09. The van der Waals surface area contributed by atoms with E-state index >= 15 is 0 Å². The lowest BCUT2D eigenvalue weighted by atomic mass is 9.90. The van der Waals surface area contributed by atoms with Crippen LogP contribution >= 0.6 is 0 Å². The molecule has 2 saturated heterocycles. The Morgan fingerprint density at radius 1 is 1.40 bits per heavy atom. The van der Waals surface area contributed by atoms with E-state index in [1.165, 1.54) is 32.1 Å². The minimum absolute atomic E-state index is 0.809. The van der Waals surface area contributed by atoms with E-state index in [4.69, 9.17) is 0 Å². The molecule has 1 N–H and O–H groups in total. The highest BCUT2D eigenvalue weighted by Gasteiger charge is 2.33. The van der Waals surface area contributed by atoms with Crippen molar-refractivity contribution in [1.82, 2.24) is 5.32 Å². The third-order valence-electron chi connectivity index (χ3n) is 3.00. The Morgan fingerprint density at radius 2 is 2.30 bits per heavy atom. The lowest BCUT2D eigenvalue weighted by molar-refractivity contribution is 0.420. The number of fused-ring (bicyclic) bond motifs is 2.